The molecule has 2 heterocycles. The minimum atomic E-state index is -0.174. The number of aromatic nitrogens is 2. The summed E-state index contributed by atoms with van der Waals surface area (Å²) < 4.78 is 0. The summed E-state index contributed by atoms with van der Waals surface area (Å²) in [6.45, 7) is 2.91. The molecule has 2 amide bonds. The van der Waals surface area contributed by atoms with Crippen molar-refractivity contribution in [3.63, 3.8) is 0 Å². The maximum Gasteiger partial charge on any atom is 0.319 e. The molecule has 26 heavy (non-hydrogen) atoms. The summed E-state index contributed by atoms with van der Waals surface area (Å²) in [4.78, 5) is 21.2. The van der Waals surface area contributed by atoms with Crippen molar-refractivity contribution in [2.45, 2.75) is 45.4 Å². The summed E-state index contributed by atoms with van der Waals surface area (Å²) in [5.74, 6) is 0. The Bertz CT molecular complexity index is 878. The monoisotopic (exact) mass is 350 g/mol. The van der Waals surface area contributed by atoms with Crippen LogP contribution in [0.5, 0.6) is 0 Å². The first-order valence-corrected chi connectivity index (χ1v) is 9.47. The molecular weight excluding hydrogens is 324 g/mol. The predicted octanol–water partition coefficient (Wildman–Crippen LogP) is 5.27. The molecule has 5 heteroatoms. The summed E-state index contributed by atoms with van der Waals surface area (Å²) in [6.07, 6.45) is 10.8. The van der Waals surface area contributed by atoms with E-state index < -0.39 is 0 Å². The molecule has 0 radical (unpaired) electrons. The number of anilines is 1. The second-order valence-electron chi connectivity index (χ2n) is 6.55. The third-order valence-corrected chi connectivity index (χ3v) is 4.53. The maximum atomic E-state index is 12.3. The summed E-state index contributed by atoms with van der Waals surface area (Å²) in [5, 5.41) is 7.78. The number of pyridine rings is 2. The van der Waals surface area contributed by atoms with Gasteiger partial charge in [-0.2, -0.15) is 0 Å². The number of urea groups is 1. The van der Waals surface area contributed by atoms with E-state index in [2.05, 4.69) is 27.5 Å². The molecule has 5 nitrogen and oxygen atoms in total. The molecule has 136 valence electrons. The van der Waals surface area contributed by atoms with Crippen LogP contribution < -0.4 is 10.6 Å². The largest absolute Gasteiger partial charge is 0.338 e. The minimum absolute atomic E-state index is 0.174. The van der Waals surface area contributed by atoms with Crippen molar-refractivity contribution in [3.8, 4) is 0 Å². The van der Waals surface area contributed by atoms with Crippen molar-refractivity contribution in [1.29, 1.82) is 0 Å². The summed E-state index contributed by atoms with van der Waals surface area (Å²) in [5.41, 5.74) is 2.41. The number of nitrogens with one attached hydrogen (secondary N) is 2. The zero-order chi connectivity index (χ0) is 18.2. The highest BCUT2D eigenvalue weighted by Crippen LogP contribution is 2.29. The second kappa shape index (κ2) is 9.13. The SMILES string of the molecule is CCCCCCCCNC(=O)Nc1cc2cccnc2c2ncccc12. The molecule has 0 aliphatic heterocycles. The summed E-state index contributed by atoms with van der Waals surface area (Å²) >= 11 is 0. The van der Waals surface area contributed by atoms with Gasteiger partial charge in [-0.15, -0.1) is 0 Å². The lowest BCUT2D eigenvalue weighted by atomic mass is 10.1. The van der Waals surface area contributed by atoms with Crippen LogP contribution >= 0.6 is 0 Å². The molecule has 0 aliphatic carbocycles. The van der Waals surface area contributed by atoms with E-state index in [9.17, 15) is 4.79 Å². The average Bonchev–Trinajstić information content (AvgIpc) is 2.67. The van der Waals surface area contributed by atoms with Gasteiger partial charge in [-0.05, 0) is 30.7 Å². The molecule has 0 fully saturated rings. The molecule has 0 saturated carbocycles. The molecule has 2 aromatic heterocycles. The van der Waals surface area contributed by atoms with Crippen LogP contribution in [0.3, 0.4) is 0 Å². The van der Waals surface area contributed by atoms with Crippen LogP contribution in [0.25, 0.3) is 21.8 Å². The topological polar surface area (TPSA) is 66.9 Å². The number of amides is 2. The van der Waals surface area contributed by atoms with Gasteiger partial charge >= 0.3 is 6.03 Å². The van der Waals surface area contributed by atoms with Gasteiger partial charge in [0.15, 0.2) is 0 Å². The van der Waals surface area contributed by atoms with Crippen LogP contribution in [-0.4, -0.2) is 22.5 Å². The Morgan fingerprint density at radius 2 is 1.69 bits per heavy atom. The molecule has 3 rings (SSSR count). The van der Waals surface area contributed by atoms with Crippen LogP contribution in [0.15, 0.2) is 42.7 Å². The van der Waals surface area contributed by atoms with Crippen LogP contribution in [0.4, 0.5) is 10.5 Å². The normalized spacial score (nSPS) is 11.0. The second-order valence-corrected chi connectivity index (χ2v) is 6.55. The molecule has 1 aromatic carbocycles. The smallest absolute Gasteiger partial charge is 0.319 e. The van der Waals surface area contributed by atoms with E-state index in [1.54, 1.807) is 12.4 Å². The van der Waals surface area contributed by atoms with Crippen molar-refractivity contribution < 1.29 is 4.79 Å². The quantitative estimate of drug-likeness (QED) is 0.430. The van der Waals surface area contributed by atoms with Crippen molar-refractivity contribution in [2.24, 2.45) is 0 Å². The Hall–Kier alpha value is -2.69. The van der Waals surface area contributed by atoms with Crippen LogP contribution in [0.2, 0.25) is 0 Å². The Kier molecular flexibility index (Phi) is 6.36. The molecule has 0 aliphatic rings. The van der Waals surface area contributed by atoms with E-state index in [0.717, 1.165) is 40.3 Å². The number of hydrogen-bond donors (Lipinski definition) is 2. The molecule has 0 atom stereocenters. The zero-order valence-corrected chi connectivity index (χ0v) is 15.3. The summed E-state index contributed by atoms with van der Waals surface area (Å²) in [6, 6.07) is 9.48. The Morgan fingerprint density at radius 1 is 0.962 bits per heavy atom. The lowest BCUT2D eigenvalue weighted by Gasteiger charge is -2.11. The van der Waals surface area contributed by atoms with Gasteiger partial charge in [-0.3, -0.25) is 9.97 Å². The fraction of sp³-hybridized carbons (Fsp3) is 0.381. The fourth-order valence-corrected chi connectivity index (χ4v) is 3.15. The van der Waals surface area contributed by atoms with Crippen LogP contribution in [-0.2, 0) is 0 Å². The van der Waals surface area contributed by atoms with Gasteiger partial charge in [0.2, 0.25) is 0 Å². The third kappa shape index (κ3) is 4.48. The highest BCUT2D eigenvalue weighted by Gasteiger charge is 2.10. The van der Waals surface area contributed by atoms with Crippen molar-refractivity contribution in [2.75, 3.05) is 11.9 Å². The summed E-state index contributed by atoms with van der Waals surface area (Å²) in [7, 11) is 0. The number of fused-ring (bicyclic) bond motifs is 3. The first-order chi connectivity index (χ1) is 12.8. The lowest BCUT2D eigenvalue weighted by molar-refractivity contribution is 0.252. The lowest BCUT2D eigenvalue weighted by Crippen LogP contribution is -2.29. The average molecular weight is 350 g/mol. The molecular formula is C21H26N4O. The molecule has 0 unspecified atom stereocenters. The number of nitrogens with zero attached hydrogens (tertiary/aromatic N) is 2. The first-order valence-electron chi connectivity index (χ1n) is 9.47. The van der Waals surface area contributed by atoms with E-state index in [1.807, 2.05) is 30.3 Å². The number of hydrogen-bond acceptors (Lipinski definition) is 3. The van der Waals surface area contributed by atoms with E-state index in [4.69, 9.17) is 0 Å². The van der Waals surface area contributed by atoms with E-state index in [1.165, 1.54) is 25.7 Å². The molecule has 0 spiro atoms. The molecule has 3 aromatic rings. The molecule has 0 bridgehead atoms. The van der Waals surface area contributed by atoms with Crippen molar-refractivity contribution >= 4 is 33.5 Å². The minimum Gasteiger partial charge on any atom is -0.338 e. The first kappa shape index (κ1) is 18.1. The van der Waals surface area contributed by atoms with Crippen LogP contribution in [0, 0.1) is 0 Å². The van der Waals surface area contributed by atoms with Gasteiger partial charge in [0, 0.05) is 29.7 Å². The van der Waals surface area contributed by atoms with Crippen molar-refractivity contribution in [3.05, 3.63) is 42.7 Å². The van der Waals surface area contributed by atoms with E-state index in [0.29, 0.717) is 6.54 Å². The number of carbonyl (C=O) groups is 1. The number of benzene rings is 1. The molecule has 2 N–H and O–H groups in total. The van der Waals surface area contributed by atoms with Gasteiger partial charge in [-0.1, -0.05) is 45.1 Å². The van der Waals surface area contributed by atoms with Crippen molar-refractivity contribution in [1.82, 2.24) is 15.3 Å². The predicted molar refractivity (Wildman–Crippen MR) is 107 cm³/mol. The third-order valence-electron chi connectivity index (χ3n) is 4.53. The number of carbonyl (C=O) groups excluding carboxylic acids is 1. The fourth-order valence-electron chi connectivity index (χ4n) is 3.15. The highest BCUT2D eigenvalue weighted by molar-refractivity contribution is 6.11. The van der Waals surface area contributed by atoms with Crippen LogP contribution in [0.1, 0.15) is 45.4 Å². The number of unbranched alkanes of at least 4 members (excludes halogenated alkanes) is 5. The van der Waals surface area contributed by atoms with E-state index >= 15 is 0 Å². The van der Waals surface area contributed by atoms with Gasteiger partial charge in [0.1, 0.15) is 0 Å². The number of rotatable bonds is 8. The van der Waals surface area contributed by atoms with Gasteiger partial charge in [0.25, 0.3) is 0 Å². The Labute approximate surface area is 154 Å². The highest BCUT2D eigenvalue weighted by atomic mass is 16.2. The van der Waals surface area contributed by atoms with E-state index in [-0.39, 0.29) is 6.03 Å². The Morgan fingerprint density at radius 3 is 2.54 bits per heavy atom. The van der Waals surface area contributed by atoms with Gasteiger partial charge in [-0.25, -0.2) is 4.79 Å². The van der Waals surface area contributed by atoms with Gasteiger partial charge in [0.05, 0.1) is 16.7 Å². The zero-order valence-electron chi connectivity index (χ0n) is 15.3. The molecule has 0 saturated heterocycles. The van der Waals surface area contributed by atoms with Gasteiger partial charge < -0.3 is 10.6 Å². The standard InChI is InChI=1S/C21H26N4O/c1-2-3-4-5-6-7-12-24-21(26)25-18-15-16-10-8-13-22-19(16)20-17(18)11-9-14-23-20/h8-11,13-15H,2-7,12H2,1H3,(H2,24,25,26). The maximum absolute atomic E-state index is 12.3. The Balaban J connectivity index is 1.63.